The molecule has 0 nitrogen and oxygen atoms in total. The van der Waals surface area contributed by atoms with Crippen LogP contribution in [0.3, 0.4) is 0 Å². The van der Waals surface area contributed by atoms with E-state index in [1.54, 1.807) is 0 Å². The summed E-state index contributed by atoms with van der Waals surface area (Å²) in [6.07, 6.45) is 0. The van der Waals surface area contributed by atoms with Gasteiger partial charge >= 0.3 is 18.9 Å². The number of benzene rings is 2. The van der Waals surface area contributed by atoms with Crippen LogP contribution >= 0.6 is 0 Å². The molecule has 0 spiro atoms. The van der Waals surface area contributed by atoms with Crippen LogP contribution in [0.1, 0.15) is 0 Å². The summed E-state index contributed by atoms with van der Waals surface area (Å²) in [5.41, 5.74) is 0. The Morgan fingerprint density at radius 2 is 0.944 bits per heavy atom. The van der Waals surface area contributed by atoms with E-state index >= 15 is 0 Å². The third-order valence-electron chi connectivity index (χ3n) is 2.12. The van der Waals surface area contributed by atoms with Gasteiger partial charge in [0.2, 0.25) is 0 Å². The number of hydrogen-bond acceptors (Lipinski definition) is 0. The van der Waals surface area contributed by atoms with Crippen molar-refractivity contribution < 1.29 is 30.7 Å². The Kier molecular flexibility index (Phi) is 3.98. The van der Waals surface area contributed by atoms with Gasteiger partial charge in [-0.3, -0.25) is 0 Å². The van der Waals surface area contributed by atoms with Crippen LogP contribution in [0.5, 0.6) is 0 Å². The van der Waals surface area contributed by atoms with Gasteiger partial charge in [-0.05, 0) is 0 Å². The zero-order chi connectivity index (χ0) is 12.9. The molecule has 0 heterocycles. The van der Waals surface area contributed by atoms with Crippen LogP contribution in [0.2, 0.25) is 0 Å². The van der Waals surface area contributed by atoms with E-state index < -0.39 is 51.5 Å². The maximum absolute atomic E-state index is 13.1. The molecule has 0 unspecified atom stereocenters. The third kappa shape index (κ3) is 1.87. The van der Waals surface area contributed by atoms with Crippen LogP contribution in [-0.2, 0) is 0 Å². The maximum atomic E-state index is 13.1. The minimum atomic E-state index is -2.35. The first-order valence-electron chi connectivity index (χ1n) is 4.07. The van der Waals surface area contributed by atoms with Gasteiger partial charge in [-0.15, -0.1) is 0 Å². The zero-order valence-corrected chi connectivity index (χ0v) is 7.65. The second-order valence-electron chi connectivity index (χ2n) is 3.07. The van der Waals surface area contributed by atoms with Gasteiger partial charge < -0.3 is 0 Å². The van der Waals surface area contributed by atoms with E-state index in [0.717, 1.165) is 6.07 Å². The minimum absolute atomic E-state index is 0. The van der Waals surface area contributed by atoms with Crippen molar-refractivity contribution in [3.8, 4) is 0 Å². The van der Waals surface area contributed by atoms with Crippen molar-refractivity contribution in [2.24, 2.45) is 0 Å². The average Bonchev–Trinajstić information content (AvgIpc) is 2.28. The first-order chi connectivity index (χ1) is 7.86. The van der Waals surface area contributed by atoms with Gasteiger partial charge in [0.1, 0.15) is 5.82 Å². The van der Waals surface area contributed by atoms with Crippen molar-refractivity contribution in [2.75, 3.05) is 0 Å². The van der Waals surface area contributed by atoms with Crippen molar-refractivity contribution in [1.29, 1.82) is 0 Å². The molecule has 2 rings (SSSR count). The van der Waals surface area contributed by atoms with Crippen molar-refractivity contribution >= 4 is 29.6 Å². The molecule has 0 saturated heterocycles. The summed E-state index contributed by atoms with van der Waals surface area (Å²) in [7, 11) is 0. The van der Waals surface area contributed by atoms with Gasteiger partial charge in [0.15, 0.2) is 34.9 Å². The Hall–Kier alpha value is -1.19. The summed E-state index contributed by atoms with van der Waals surface area (Å²) in [6.45, 7) is 0. The monoisotopic (exact) mass is 261 g/mol. The van der Waals surface area contributed by atoms with Gasteiger partial charge in [-0.25, -0.2) is 30.7 Å². The second kappa shape index (κ2) is 4.82. The summed E-state index contributed by atoms with van der Waals surface area (Å²) >= 11 is 0. The van der Waals surface area contributed by atoms with E-state index in [1.165, 1.54) is 0 Å². The number of halogens is 7. The average molecular weight is 261 g/mol. The van der Waals surface area contributed by atoms with Crippen LogP contribution in [0, 0.1) is 46.8 Å². The predicted octanol–water partition coefficient (Wildman–Crippen LogP) is 2.97. The van der Waals surface area contributed by atoms with Crippen LogP contribution in [0.25, 0.3) is 10.8 Å². The van der Waals surface area contributed by atoms with E-state index in [-0.39, 0.29) is 18.9 Å². The molecule has 0 fully saturated rings. The Balaban J connectivity index is 0.00000162. The molecule has 8 heteroatoms. The van der Waals surface area contributed by atoms with Crippen molar-refractivity contribution in [2.45, 2.75) is 0 Å². The van der Waals surface area contributed by atoms with E-state index in [9.17, 15) is 30.7 Å². The molecule has 0 N–H and O–H groups in total. The van der Waals surface area contributed by atoms with Crippen molar-refractivity contribution in [1.82, 2.24) is 0 Å². The summed E-state index contributed by atoms with van der Waals surface area (Å²) in [4.78, 5) is 0. The SMILES string of the molecule is Fc1[c]c(F)c2c(F)c(F)c(F)c(F)c2c1F.[LiH]. The molecule has 0 atom stereocenters. The molecule has 1 radical (unpaired) electrons. The van der Waals surface area contributed by atoms with E-state index in [0.29, 0.717) is 0 Å². The normalized spacial score (nSPS) is 10.6. The first kappa shape index (κ1) is 14.9. The fourth-order valence-corrected chi connectivity index (χ4v) is 1.37. The van der Waals surface area contributed by atoms with Crippen LogP contribution in [0.4, 0.5) is 30.7 Å². The van der Waals surface area contributed by atoms with Crippen LogP contribution in [-0.4, -0.2) is 18.9 Å². The molecule has 2 aromatic rings. The molecular formula is C10HF7Li. The van der Waals surface area contributed by atoms with Crippen molar-refractivity contribution in [3.05, 3.63) is 46.8 Å². The Bertz CT molecular complexity index is 638. The number of rotatable bonds is 0. The Morgan fingerprint density at radius 1 is 0.500 bits per heavy atom. The summed E-state index contributed by atoms with van der Waals surface area (Å²) in [5.74, 6) is -14.9. The molecule has 0 saturated carbocycles. The van der Waals surface area contributed by atoms with Gasteiger partial charge in [0.25, 0.3) is 0 Å². The summed E-state index contributed by atoms with van der Waals surface area (Å²) < 4.78 is 90.4. The molecule has 91 valence electrons. The second-order valence-corrected chi connectivity index (χ2v) is 3.07. The van der Waals surface area contributed by atoms with Gasteiger partial charge in [-0.2, -0.15) is 0 Å². The molecule has 18 heavy (non-hydrogen) atoms. The molecule has 0 bridgehead atoms. The van der Waals surface area contributed by atoms with Crippen LogP contribution < -0.4 is 0 Å². The standard InChI is InChI=1S/C10F7.Li.H/c11-2-1-3(12)6(13)5-4(2)7(14)9(16)10(17)8(5)15;;. The van der Waals surface area contributed by atoms with E-state index in [1.807, 2.05) is 0 Å². The topological polar surface area (TPSA) is 0 Å². The third-order valence-corrected chi connectivity index (χ3v) is 2.12. The molecule has 0 aliphatic heterocycles. The van der Waals surface area contributed by atoms with Gasteiger partial charge in [-0.1, -0.05) is 0 Å². The van der Waals surface area contributed by atoms with E-state index in [2.05, 4.69) is 0 Å². The van der Waals surface area contributed by atoms with E-state index in [4.69, 9.17) is 0 Å². The fourth-order valence-electron chi connectivity index (χ4n) is 1.37. The van der Waals surface area contributed by atoms with Crippen molar-refractivity contribution in [3.63, 3.8) is 0 Å². The predicted molar refractivity (Wildman–Crippen MR) is 49.6 cm³/mol. The molecular weight excluding hydrogens is 260 g/mol. The van der Waals surface area contributed by atoms with Gasteiger partial charge in [0.05, 0.1) is 16.8 Å². The summed E-state index contributed by atoms with van der Waals surface area (Å²) in [5, 5.41) is -3.16. The molecule has 2 aromatic carbocycles. The number of fused-ring (bicyclic) bond motifs is 1. The van der Waals surface area contributed by atoms with Gasteiger partial charge in [0, 0.05) is 0 Å². The number of hydrogen-bond donors (Lipinski definition) is 0. The molecule has 0 aromatic heterocycles. The first-order valence-corrected chi connectivity index (χ1v) is 4.07. The Labute approximate surface area is 108 Å². The van der Waals surface area contributed by atoms with Crippen LogP contribution in [0.15, 0.2) is 0 Å². The fraction of sp³-hybridized carbons (Fsp3) is 0. The molecule has 0 amide bonds. The quantitative estimate of drug-likeness (QED) is 0.296. The Morgan fingerprint density at radius 3 is 1.44 bits per heavy atom. The zero-order valence-electron chi connectivity index (χ0n) is 7.65. The molecule has 0 aliphatic carbocycles. The molecule has 0 aliphatic rings. The summed E-state index contributed by atoms with van der Waals surface area (Å²) in [6, 6.07) is 1.09.